The van der Waals surface area contributed by atoms with Crippen molar-refractivity contribution in [2.24, 2.45) is 0 Å². The quantitative estimate of drug-likeness (QED) is 0.660. The second-order valence-electron chi connectivity index (χ2n) is 3.91. The van der Waals surface area contributed by atoms with Crippen LogP contribution in [0.4, 0.5) is 8.78 Å². The van der Waals surface area contributed by atoms with Crippen LogP contribution >= 0.6 is 0 Å². The third kappa shape index (κ3) is 1.18. The van der Waals surface area contributed by atoms with Crippen LogP contribution in [-0.4, -0.2) is 4.98 Å². The molecule has 1 aromatic heterocycles. The lowest BCUT2D eigenvalue weighted by Crippen LogP contribution is -2.24. The fourth-order valence-corrected chi connectivity index (χ4v) is 2.17. The van der Waals surface area contributed by atoms with Gasteiger partial charge in [0.15, 0.2) is 0 Å². The van der Waals surface area contributed by atoms with E-state index < -0.39 is 5.92 Å². The van der Waals surface area contributed by atoms with E-state index in [2.05, 4.69) is 4.98 Å². The maximum absolute atomic E-state index is 14.1. The summed E-state index contributed by atoms with van der Waals surface area (Å²) < 4.78 is 28.3. The predicted octanol–water partition coefficient (Wildman–Crippen LogP) is 3.13. The summed E-state index contributed by atoms with van der Waals surface area (Å²) in [5, 5.41) is 0. The summed E-state index contributed by atoms with van der Waals surface area (Å²) in [6.45, 7) is 0. The van der Waals surface area contributed by atoms with E-state index in [1.165, 1.54) is 12.1 Å². The van der Waals surface area contributed by atoms with Crippen molar-refractivity contribution in [2.45, 2.75) is 12.3 Å². The van der Waals surface area contributed by atoms with Crippen LogP contribution in [0.3, 0.4) is 0 Å². The molecule has 1 heterocycles. The Morgan fingerprint density at radius 3 is 2.62 bits per heavy atom. The molecular weight excluding hydrogens is 208 g/mol. The average Bonchev–Trinajstić information content (AvgIpc) is 2.29. The van der Waals surface area contributed by atoms with E-state index in [1.807, 2.05) is 0 Å². The van der Waals surface area contributed by atoms with Gasteiger partial charge in [-0.05, 0) is 17.7 Å². The first-order valence-electron chi connectivity index (χ1n) is 5.10. The molecule has 1 aliphatic carbocycles. The number of benzene rings is 1. The van der Waals surface area contributed by atoms with Gasteiger partial charge in [-0.15, -0.1) is 0 Å². The van der Waals surface area contributed by atoms with Gasteiger partial charge in [-0.3, -0.25) is 4.98 Å². The topological polar surface area (TPSA) is 12.9 Å². The van der Waals surface area contributed by atoms with Crippen molar-refractivity contribution in [3.63, 3.8) is 0 Å². The SMILES string of the molecule is FC1(F)c2ccccc2Cc2ncccc21. The second-order valence-corrected chi connectivity index (χ2v) is 3.91. The van der Waals surface area contributed by atoms with Crippen LogP contribution in [0.15, 0.2) is 42.6 Å². The van der Waals surface area contributed by atoms with E-state index in [-0.39, 0.29) is 11.1 Å². The van der Waals surface area contributed by atoms with Crippen LogP contribution in [0, 0.1) is 0 Å². The van der Waals surface area contributed by atoms with Gasteiger partial charge >= 0.3 is 5.92 Å². The molecule has 0 saturated heterocycles. The molecule has 0 saturated carbocycles. The number of pyridine rings is 1. The van der Waals surface area contributed by atoms with Crippen molar-refractivity contribution < 1.29 is 8.78 Å². The van der Waals surface area contributed by atoms with Gasteiger partial charge in [-0.25, -0.2) is 0 Å². The molecule has 1 nitrogen and oxygen atoms in total. The Morgan fingerprint density at radius 1 is 1.00 bits per heavy atom. The van der Waals surface area contributed by atoms with E-state index >= 15 is 0 Å². The Bertz CT molecular complexity index is 502. The lowest BCUT2D eigenvalue weighted by Gasteiger charge is -2.26. The number of nitrogens with zero attached hydrogens (tertiary/aromatic N) is 1. The highest BCUT2D eigenvalue weighted by atomic mass is 19.3. The molecule has 0 bridgehead atoms. The Balaban J connectivity index is 2.28. The number of aromatic nitrogens is 1. The van der Waals surface area contributed by atoms with Gasteiger partial charge in [-0.2, -0.15) is 8.78 Å². The molecule has 0 N–H and O–H groups in total. The van der Waals surface area contributed by atoms with Crippen molar-refractivity contribution in [1.82, 2.24) is 4.98 Å². The summed E-state index contributed by atoms with van der Waals surface area (Å²) in [5.74, 6) is -2.92. The van der Waals surface area contributed by atoms with Crippen LogP contribution in [0.1, 0.15) is 22.4 Å². The number of rotatable bonds is 0. The van der Waals surface area contributed by atoms with Crippen molar-refractivity contribution in [3.05, 3.63) is 65.0 Å². The Labute approximate surface area is 91.8 Å². The zero-order chi connectivity index (χ0) is 11.2. The molecule has 0 amide bonds. The van der Waals surface area contributed by atoms with E-state index in [4.69, 9.17) is 0 Å². The Hall–Kier alpha value is -1.77. The van der Waals surface area contributed by atoms with E-state index in [1.54, 1.807) is 30.5 Å². The minimum absolute atomic E-state index is 0.0358. The summed E-state index contributed by atoms with van der Waals surface area (Å²) in [6, 6.07) is 9.67. The molecular formula is C13H9F2N. The number of fused-ring (bicyclic) bond motifs is 2. The van der Waals surface area contributed by atoms with E-state index in [0.717, 1.165) is 0 Å². The van der Waals surface area contributed by atoms with Crippen LogP contribution in [0.5, 0.6) is 0 Å². The zero-order valence-electron chi connectivity index (χ0n) is 8.45. The molecule has 0 radical (unpaired) electrons. The van der Waals surface area contributed by atoms with E-state index in [0.29, 0.717) is 17.7 Å². The Morgan fingerprint density at radius 2 is 1.75 bits per heavy atom. The standard InChI is InChI=1S/C13H9F2N/c14-13(15)10-5-2-1-4-9(10)8-12-11(13)6-3-7-16-12/h1-7H,8H2. The molecule has 0 spiro atoms. The summed E-state index contributed by atoms with van der Waals surface area (Å²) >= 11 is 0. The van der Waals surface area contributed by atoms with E-state index in [9.17, 15) is 8.78 Å². The van der Waals surface area contributed by atoms with Crippen LogP contribution < -0.4 is 0 Å². The highest BCUT2D eigenvalue weighted by Crippen LogP contribution is 2.42. The molecule has 0 fully saturated rings. The first kappa shape index (κ1) is 9.46. The number of halogens is 2. The van der Waals surface area contributed by atoms with Crippen molar-refractivity contribution >= 4 is 0 Å². The normalized spacial score (nSPS) is 16.4. The summed E-state index contributed by atoms with van der Waals surface area (Å²) in [6.07, 6.45) is 2.05. The van der Waals surface area contributed by atoms with Gasteiger partial charge in [0.25, 0.3) is 0 Å². The predicted molar refractivity (Wildman–Crippen MR) is 56.5 cm³/mol. The van der Waals surface area contributed by atoms with Crippen molar-refractivity contribution in [1.29, 1.82) is 0 Å². The minimum atomic E-state index is -2.92. The van der Waals surface area contributed by atoms with Gasteiger partial charge < -0.3 is 0 Å². The summed E-state index contributed by atoms with van der Waals surface area (Å²) in [4.78, 5) is 4.03. The summed E-state index contributed by atoms with van der Waals surface area (Å²) in [7, 11) is 0. The molecule has 1 aromatic carbocycles. The van der Waals surface area contributed by atoms with Gasteiger partial charge in [0, 0.05) is 23.7 Å². The smallest absolute Gasteiger partial charge is 0.260 e. The number of alkyl halides is 2. The number of hydrogen-bond donors (Lipinski definition) is 0. The highest BCUT2D eigenvalue weighted by molar-refractivity contribution is 5.47. The van der Waals surface area contributed by atoms with Crippen molar-refractivity contribution in [2.75, 3.05) is 0 Å². The molecule has 0 aliphatic heterocycles. The first-order valence-corrected chi connectivity index (χ1v) is 5.10. The maximum Gasteiger partial charge on any atom is 0.300 e. The van der Waals surface area contributed by atoms with Gasteiger partial charge in [-0.1, -0.05) is 24.3 Å². The lowest BCUT2D eigenvalue weighted by atomic mass is 9.86. The molecule has 2 aromatic rings. The average molecular weight is 217 g/mol. The molecule has 0 unspecified atom stereocenters. The Kier molecular flexibility index (Phi) is 1.84. The lowest BCUT2D eigenvalue weighted by molar-refractivity contribution is 0.0380. The van der Waals surface area contributed by atoms with Crippen LogP contribution in [-0.2, 0) is 12.3 Å². The van der Waals surface area contributed by atoms with Gasteiger partial charge in [0.1, 0.15) is 0 Å². The highest BCUT2D eigenvalue weighted by Gasteiger charge is 2.41. The second kappa shape index (κ2) is 3.11. The molecule has 16 heavy (non-hydrogen) atoms. The molecule has 0 atom stereocenters. The maximum atomic E-state index is 14.1. The first-order chi connectivity index (χ1) is 7.69. The largest absolute Gasteiger partial charge is 0.300 e. The number of hydrogen-bond acceptors (Lipinski definition) is 1. The third-order valence-corrected chi connectivity index (χ3v) is 2.94. The fraction of sp³-hybridized carbons (Fsp3) is 0.154. The molecule has 3 heteroatoms. The van der Waals surface area contributed by atoms with Crippen molar-refractivity contribution in [3.8, 4) is 0 Å². The van der Waals surface area contributed by atoms with Gasteiger partial charge in [0.05, 0.1) is 5.69 Å². The zero-order valence-corrected chi connectivity index (χ0v) is 8.45. The molecule has 1 aliphatic rings. The molecule has 80 valence electrons. The monoisotopic (exact) mass is 217 g/mol. The molecule has 3 rings (SSSR count). The van der Waals surface area contributed by atoms with Crippen LogP contribution in [0.2, 0.25) is 0 Å². The minimum Gasteiger partial charge on any atom is -0.260 e. The fourth-order valence-electron chi connectivity index (χ4n) is 2.17. The van der Waals surface area contributed by atoms with Gasteiger partial charge in [0.2, 0.25) is 0 Å². The summed E-state index contributed by atoms with van der Waals surface area (Å²) in [5.41, 5.74) is 1.29. The van der Waals surface area contributed by atoms with Crippen LogP contribution in [0.25, 0.3) is 0 Å². The third-order valence-electron chi connectivity index (χ3n) is 2.94.